The summed E-state index contributed by atoms with van der Waals surface area (Å²) in [7, 11) is 4.43. The van der Waals surface area contributed by atoms with Gasteiger partial charge in [-0.25, -0.2) is 0 Å². The van der Waals surface area contributed by atoms with E-state index in [0.29, 0.717) is 33.8 Å². The van der Waals surface area contributed by atoms with Crippen LogP contribution in [0.2, 0.25) is 0 Å². The molecule has 0 aliphatic carbocycles. The summed E-state index contributed by atoms with van der Waals surface area (Å²) in [5.74, 6) is -0.895. The highest BCUT2D eigenvalue weighted by atomic mass is 79.9. The summed E-state index contributed by atoms with van der Waals surface area (Å²) in [5.41, 5.74) is 0.878. The van der Waals surface area contributed by atoms with Crippen LogP contribution in [0.1, 0.15) is 36.0 Å². The van der Waals surface area contributed by atoms with Crippen LogP contribution in [0.3, 0.4) is 0 Å². The molecule has 0 spiro atoms. The Kier molecular flexibility index (Phi) is 7.79. The van der Waals surface area contributed by atoms with Crippen LogP contribution in [0.25, 0.3) is 11.0 Å². The van der Waals surface area contributed by atoms with Crippen molar-refractivity contribution in [2.45, 2.75) is 26.0 Å². The minimum atomic E-state index is -0.954. The average molecular weight is 574 g/mol. The van der Waals surface area contributed by atoms with Crippen molar-refractivity contribution in [1.82, 2.24) is 4.90 Å². The Bertz CT molecular complexity index is 1350. The summed E-state index contributed by atoms with van der Waals surface area (Å²) in [6.45, 7) is 4.10. The van der Waals surface area contributed by atoms with Gasteiger partial charge in [-0.1, -0.05) is 15.9 Å². The average Bonchev–Trinajstić information content (AvgIpc) is 3.41. The van der Waals surface area contributed by atoms with Gasteiger partial charge >= 0.3 is 0 Å². The fourth-order valence-electron chi connectivity index (χ4n) is 4.37. The quantitative estimate of drug-likeness (QED) is 0.329. The first-order chi connectivity index (χ1) is 17.7. The number of fused-ring (bicyclic) bond motifs is 1. The molecule has 1 aliphatic rings. The van der Waals surface area contributed by atoms with Crippen LogP contribution in [0, 0.1) is 0 Å². The number of halogens is 1. The molecule has 1 unspecified atom stereocenters. The molecule has 2 heterocycles. The van der Waals surface area contributed by atoms with Crippen molar-refractivity contribution in [3.8, 4) is 17.2 Å². The Hall–Kier alpha value is -3.50. The predicted octanol–water partition coefficient (Wildman–Crippen LogP) is 5.22. The molecule has 2 aromatic carbocycles. The molecule has 1 atom stereocenters. The van der Waals surface area contributed by atoms with Gasteiger partial charge in [0.15, 0.2) is 23.0 Å². The van der Waals surface area contributed by atoms with E-state index < -0.39 is 23.5 Å². The molecule has 9 nitrogen and oxygen atoms in total. The number of carbonyl (C=O) groups is 2. The van der Waals surface area contributed by atoms with Gasteiger partial charge in [-0.3, -0.25) is 9.59 Å². The van der Waals surface area contributed by atoms with Crippen molar-refractivity contribution in [2.75, 3.05) is 34.5 Å². The first kappa shape index (κ1) is 26.6. The highest BCUT2D eigenvalue weighted by Crippen LogP contribution is 2.45. The molecule has 1 amide bonds. The zero-order chi connectivity index (χ0) is 26.9. The number of hydrogen-bond acceptors (Lipinski definition) is 8. The lowest BCUT2D eigenvalue weighted by molar-refractivity contribution is -0.130. The molecular weight excluding hydrogens is 546 g/mol. The first-order valence-corrected chi connectivity index (χ1v) is 12.4. The monoisotopic (exact) mass is 573 g/mol. The predicted molar refractivity (Wildman–Crippen MR) is 140 cm³/mol. The van der Waals surface area contributed by atoms with E-state index in [9.17, 15) is 14.7 Å². The summed E-state index contributed by atoms with van der Waals surface area (Å²) in [5, 5.41) is 11.7. The molecule has 3 aromatic rings. The molecule has 0 saturated carbocycles. The van der Waals surface area contributed by atoms with E-state index in [2.05, 4.69) is 15.9 Å². The van der Waals surface area contributed by atoms with Gasteiger partial charge in [-0.15, -0.1) is 0 Å². The van der Waals surface area contributed by atoms with Gasteiger partial charge in [-0.05, 0) is 55.8 Å². The van der Waals surface area contributed by atoms with Crippen molar-refractivity contribution in [2.24, 2.45) is 0 Å². The second-order valence-electron chi connectivity index (χ2n) is 8.66. The van der Waals surface area contributed by atoms with Crippen LogP contribution in [0.15, 0.2) is 56.6 Å². The maximum absolute atomic E-state index is 13.8. The summed E-state index contributed by atoms with van der Waals surface area (Å²) in [4.78, 5) is 28.4. The number of hydrogen-bond donors (Lipinski definition) is 1. The van der Waals surface area contributed by atoms with Crippen LogP contribution in [-0.2, 0) is 9.53 Å². The van der Waals surface area contributed by atoms with Gasteiger partial charge in [0.05, 0.1) is 45.7 Å². The SMILES string of the molecule is COc1cc(C2C(C(=O)c3cc4cc(Br)ccc4o3)=C(O)C(=O)N2CCOC(C)C)cc(OC)c1OC. The Morgan fingerprint density at radius 2 is 1.76 bits per heavy atom. The standard InChI is InChI=1S/C27H28BrNO8/c1-14(2)36-9-8-29-23(16-12-20(33-3)26(35-5)21(13-16)34-4)22(25(31)27(29)32)24(30)19-11-15-10-17(28)6-7-18(15)37-19/h6-7,10-14,23,31H,8-9H2,1-5H3. The zero-order valence-electron chi connectivity index (χ0n) is 21.2. The van der Waals surface area contributed by atoms with Crippen LogP contribution < -0.4 is 14.2 Å². The normalized spacial score (nSPS) is 15.7. The van der Waals surface area contributed by atoms with Gasteiger partial charge in [0, 0.05) is 16.4 Å². The lowest BCUT2D eigenvalue weighted by Gasteiger charge is -2.28. The van der Waals surface area contributed by atoms with Crippen LogP contribution in [0.4, 0.5) is 0 Å². The van der Waals surface area contributed by atoms with Crippen LogP contribution >= 0.6 is 15.9 Å². The van der Waals surface area contributed by atoms with E-state index in [-0.39, 0.29) is 30.6 Å². The minimum Gasteiger partial charge on any atom is -0.503 e. The fraction of sp³-hybridized carbons (Fsp3) is 0.333. The van der Waals surface area contributed by atoms with Crippen molar-refractivity contribution in [3.63, 3.8) is 0 Å². The second-order valence-corrected chi connectivity index (χ2v) is 9.58. The maximum Gasteiger partial charge on any atom is 0.290 e. The number of aliphatic hydroxyl groups excluding tert-OH is 1. The van der Waals surface area contributed by atoms with E-state index in [1.807, 2.05) is 19.9 Å². The molecule has 0 bridgehead atoms. The molecule has 10 heteroatoms. The number of amides is 1. The van der Waals surface area contributed by atoms with Gasteiger partial charge in [0.1, 0.15) is 5.58 Å². The number of rotatable bonds is 10. The third-order valence-corrected chi connectivity index (χ3v) is 6.53. The summed E-state index contributed by atoms with van der Waals surface area (Å²) in [6.07, 6.45) is -0.0603. The number of aliphatic hydroxyl groups is 1. The van der Waals surface area contributed by atoms with Crippen molar-refractivity contribution >= 4 is 38.6 Å². The van der Waals surface area contributed by atoms with Crippen LogP contribution in [-0.4, -0.2) is 62.3 Å². The van der Waals surface area contributed by atoms with Crippen molar-refractivity contribution in [1.29, 1.82) is 0 Å². The van der Waals surface area contributed by atoms with E-state index in [1.165, 1.54) is 26.2 Å². The molecule has 1 aromatic heterocycles. The van der Waals surface area contributed by atoms with E-state index in [1.54, 1.807) is 30.3 Å². The molecule has 196 valence electrons. The number of nitrogens with zero attached hydrogens (tertiary/aromatic N) is 1. The smallest absolute Gasteiger partial charge is 0.290 e. The maximum atomic E-state index is 13.8. The molecule has 37 heavy (non-hydrogen) atoms. The largest absolute Gasteiger partial charge is 0.503 e. The highest BCUT2D eigenvalue weighted by Gasteiger charge is 2.45. The molecule has 0 saturated heterocycles. The number of benzene rings is 2. The first-order valence-electron chi connectivity index (χ1n) is 11.6. The summed E-state index contributed by atoms with van der Waals surface area (Å²) in [6, 6.07) is 9.28. The summed E-state index contributed by atoms with van der Waals surface area (Å²) < 4.78 is 28.7. The molecule has 1 N–H and O–H groups in total. The molecular formula is C27H28BrNO8. The Morgan fingerprint density at radius 3 is 2.35 bits per heavy atom. The molecule has 4 rings (SSSR count). The van der Waals surface area contributed by atoms with Crippen molar-refractivity contribution in [3.05, 3.63) is 63.5 Å². The summed E-state index contributed by atoms with van der Waals surface area (Å²) >= 11 is 3.41. The lowest BCUT2D eigenvalue weighted by atomic mass is 9.94. The number of furan rings is 1. The van der Waals surface area contributed by atoms with E-state index in [4.69, 9.17) is 23.4 Å². The number of ether oxygens (including phenoxy) is 4. The third kappa shape index (κ3) is 5.03. The fourth-order valence-corrected chi connectivity index (χ4v) is 4.75. The Balaban J connectivity index is 1.84. The number of methoxy groups -OCH3 is 3. The van der Waals surface area contributed by atoms with Gasteiger partial charge in [0.2, 0.25) is 11.5 Å². The number of carbonyl (C=O) groups excluding carboxylic acids is 2. The van der Waals surface area contributed by atoms with E-state index in [0.717, 1.165) is 4.47 Å². The Labute approximate surface area is 222 Å². The number of ketones is 1. The minimum absolute atomic E-state index is 0.000159. The van der Waals surface area contributed by atoms with Gasteiger partial charge < -0.3 is 33.4 Å². The topological polar surface area (TPSA) is 108 Å². The number of Topliss-reactive ketones (excluding diaryl/α,β-unsaturated/α-hetero) is 1. The van der Waals surface area contributed by atoms with Crippen molar-refractivity contribution < 1.29 is 38.1 Å². The molecule has 0 fully saturated rings. The Morgan fingerprint density at radius 1 is 1.08 bits per heavy atom. The third-order valence-electron chi connectivity index (χ3n) is 6.04. The second kappa shape index (κ2) is 10.9. The highest BCUT2D eigenvalue weighted by molar-refractivity contribution is 9.10. The van der Waals surface area contributed by atoms with E-state index >= 15 is 0 Å². The van der Waals surface area contributed by atoms with Gasteiger partial charge in [-0.2, -0.15) is 0 Å². The van der Waals surface area contributed by atoms with Gasteiger partial charge in [0.25, 0.3) is 5.91 Å². The van der Waals surface area contributed by atoms with Crippen LogP contribution in [0.5, 0.6) is 17.2 Å². The molecule has 1 aliphatic heterocycles. The zero-order valence-corrected chi connectivity index (χ0v) is 22.7. The molecule has 0 radical (unpaired) electrons. The lowest BCUT2D eigenvalue weighted by Crippen LogP contribution is -2.34.